The number of aliphatic hydroxyl groups is 2. The maximum atomic E-state index is 12.4. The van der Waals surface area contributed by atoms with E-state index in [0.29, 0.717) is 15.6 Å². The number of ether oxygens (including phenoxy) is 1. The van der Waals surface area contributed by atoms with Crippen molar-refractivity contribution in [3.8, 4) is 11.1 Å². The van der Waals surface area contributed by atoms with Gasteiger partial charge in [-0.1, -0.05) is 60.7 Å². The first kappa shape index (κ1) is 24.0. The highest BCUT2D eigenvalue weighted by atomic mass is 32.1. The van der Waals surface area contributed by atoms with E-state index in [2.05, 4.69) is 17.4 Å². The zero-order chi connectivity index (χ0) is 25.2. The molecule has 0 bridgehead atoms. The van der Waals surface area contributed by atoms with Crippen molar-refractivity contribution >= 4 is 33.5 Å². The lowest BCUT2D eigenvalue weighted by Gasteiger charge is -2.19. The highest BCUT2D eigenvalue weighted by Gasteiger charge is 2.29. The molecular formula is C28H25NO6S. The molecule has 4 N–H and O–H groups in total. The largest absolute Gasteiger partial charge is 0.477 e. The topological polar surface area (TPSA) is 116 Å². The number of fused-ring (bicyclic) bond motifs is 4. The van der Waals surface area contributed by atoms with E-state index in [4.69, 9.17) is 4.74 Å². The number of aromatic carboxylic acids is 1. The number of benzene rings is 3. The maximum Gasteiger partial charge on any atom is 0.407 e. The highest BCUT2D eigenvalue weighted by Crippen LogP contribution is 2.44. The summed E-state index contributed by atoms with van der Waals surface area (Å²) in [6.07, 6.45) is -2.88. The third-order valence-electron chi connectivity index (χ3n) is 6.54. The van der Waals surface area contributed by atoms with E-state index < -0.39 is 24.3 Å². The van der Waals surface area contributed by atoms with Crippen LogP contribution in [0.25, 0.3) is 21.2 Å². The smallest absolute Gasteiger partial charge is 0.407 e. The Labute approximate surface area is 211 Å². The average Bonchev–Trinajstić information content (AvgIpc) is 3.47. The number of carboxylic acid groups (broad SMARTS) is 1. The molecule has 1 heterocycles. The number of rotatable bonds is 8. The van der Waals surface area contributed by atoms with Gasteiger partial charge in [-0.2, -0.15) is 0 Å². The predicted molar refractivity (Wildman–Crippen MR) is 137 cm³/mol. The molecule has 1 aromatic heterocycles. The van der Waals surface area contributed by atoms with Gasteiger partial charge >= 0.3 is 12.1 Å². The van der Waals surface area contributed by atoms with Crippen LogP contribution in [-0.2, 0) is 4.74 Å². The summed E-state index contributed by atoms with van der Waals surface area (Å²) in [4.78, 5) is 23.8. The van der Waals surface area contributed by atoms with Crippen LogP contribution < -0.4 is 5.32 Å². The van der Waals surface area contributed by atoms with Crippen LogP contribution in [0.3, 0.4) is 0 Å². The Morgan fingerprint density at radius 3 is 2.28 bits per heavy atom. The third kappa shape index (κ3) is 4.58. The van der Waals surface area contributed by atoms with E-state index in [-0.39, 0.29) is 30.4 Å². The van der Waals surface area contributed by atoms with E-state index in [1.54, 1.807) is 18.2 Å². The van der Waals surface area contributed by atoms with Crippen LogP contribution in [0.5, 0.6) is 0 Å². The number of thiophene rings is 1. The summed E-state index contributed by atoms with van der Waals surface area (Å²) in [5.41, 5.74) is 4.99. The van der Waals surface area contributed by atoms with Gasteiger partial charge in [0.15, 0.2) is 0 Å². The van der Waals surface area contributed by atoms with Crippen molar-refractivity contribution in [2.45, 2.75) is 24.5 Å². The second-order valence-corrected chi connectivity index (χ2v) is 9.81. The molecule has 4 aromatic rings. The second kappa shape index (κ2) is 10.1. The number of carbonyl (C=O) groups is 2. The van der Waals surface area contributed by atoms with Gasteiger partial charge in [-0.05, 0) is 51.8 Å². The molecule has 0 fully saturated rings. The van der Waals surface area contributed by atoms with E-state index >= 15 is 0 Å². The SMILES string of the molecule is O=C(NCCC(O)C(O)c1cccc2sc(C(=O)O)cc12)OCC1c2ccccc2-c2ccccc21. The number of alkyl carbamates (subject to hydrolysis) is 1. The van der Waals surface area contributed by atoms with Gasteiger partial charge in [-0.3, -0.25) is 0 Å². The number of hydrogen-bond donors (Lipinski definition) is 4. The van der Waals surface area contributed by atoms with Crippen LogP contribution in [0, 0.1) is 0 Å². The van der Waals surface area contributed by atoms with Crippen LogP contribution in [0.2, 0.25) is 0 Å². The molecule has 1 aliphatic carbocycles. The van der Waals surface area contributed by atoms with E-state index in [0.717, 1.165) is 33.6 Å². The molecule has 0 saturated carbocycles. The zero-order valence-corrected chi connectivity index (χ0v) is 20.1. The Bertz CT molecular complexity index is 1390. The molecule has 2 atom stereocenters. The van der Waals surface area contributed by atoms with Gasteiger partial charge in [0.1, 0.15) is 17.6 Å². The average molecular weight is 504 g/mol. The minimum absolute atomic E-state index is 0.0441. The molecular weight excluding hydrogens is 478 g/mol. The third-order valence-corrected chi connectivity index (χ3v) is 7.63. The summed E-state index contributed by atoms with van der Waals surface area (Å²) in [5.74, 6) is -1.08. The lowest BCUT2D eigenvalue weighted by molar-refractivity contribution is 0.0145. The Morgan fingerprint density at radius 2 is 1.61 bits per heavy atom. The van der Waals surface area contributed by atoms with Crippen molar-refractivity contribution < 1.29 is 29.6 Å². The van der Waals surface area contributed by atoms with Crippen molar-refractivity contribution in [1.29, 1.82) is 0 Å². The van der Waals surface area contributed by atoms with Gasteiger partial charge in [0.25, 0.3) is 0 Å². The lowest BCUT2D eigenvalue weighted by atomic mass is 9.98. The number of carbonyl (C=O) groups excluding carboxylic acids is 1. The fraction of sp³-hybridized carbons (Fsp3) is 0.214. The standard InChI is InChI=1S/C28H25NO6S/c30-23(26(31)20-10-5-11-24-21(20)14-25(36-24)27(32)33)12-13-29-28(34)35-15-22-18-8-3-1-6-16(18)17-7-2-4-9-19(17)22/h1-11,14,22-23,26,30-31H,12-13,15H2,(H,29,34)(H,32,33). The summed E-state index contributed by atoms with van der Waals surface area (Å²) in [6, 6.07) is 22.8. The minimum Gasteiger partial charge on any atom is -0.477 e. The molecule has 36 heavy (non-hydrogen) atoms. The molecule has 7 nitrogen and oxygen atoms in total. The Kier molecular flexibility index (Phi) is 6.73. The van der Waals surface area contributed by atoms with E-state index in [9.17, 15) is 24.9 Å². The fourth-order valence-electron chi connectivity index (χ4n) is 4.78. The number of nitrogens with one attached hydrogen (secondary N) is 1. The van der Waals surface area contributed by atoms with Gasteiger partial charge in [0.2, 0.25) is 0 Å². The Morgan fingerprint density at radius 1 is 0.944 bits per heavy atom. The predicted octanol–water partition coefficient (Wildman–Crippen LogP) is 4.92. The molecule has 1 aliphatic rings. The zero-order valence-electron chi connectivity index (χ0n) is 19.3. The second-order valence-electron chi connectivity index (χ2n) is 8.73. The van der Waals surface area contributed by atoms with E-state index in [1.807, 2.05) is 36.4 Å². The summed E-state index contributed by atoms with van der Waals surface area (Å²) in [5, 5.41) is 33.7. The van der Waals surface area contributed by atoms with Gasteiger partial charge in [0.05, 0.1) is 6.10 Å². The first-order valence-electron chi connectivity index (χ1n) is 11.6. The molecule has 3 aromatic carbocycles. The molecule has 184 valence electrons. The molecule has 2 unspecified atom stereocenters. The molecule has 0 aliphatic heterocycles. The van der Waals surface area contributed by atoms with Crippen LogP contribution in [0.15, 0.2) is 72.8 Å². The van der Waals surface area contributed by atoms with Crippen LogP contribution in [-0.4, -0.2) is 46.6 Å². The number of hydrogen-bond acceptors (Lipinski definition) is 6. The molecule has 0 saturated heterocycles. The van der Waals surface area contributed by atoms with Crippen molar-refractivity contribution in [3.63, 3.8) is 0 Å². The Hall–Kier alpha value is -3.72. The summed E-state index contributed by atoms with van der Waals surface area (Å²) in [6.45, 7) is 0.298. The number of carboxylic acids is 1. The molecule has 0 radical (unpaired) electrons. The van der Waals surface area contributed by atoms with Crippen molar-refractivity contribution in [1.82, 2.24) is 5.32 Å². The molecule has 0 spiro atoms. The van der Waals surface area contributed by atoms with Gasteiger partial charge in [-0.25, -0.2) is 9.59 Å². The summed E-state index contributed by atoms with van der Waals surface area (Å²) in [7, 11) is 0. The minimum atomic E-state index is -1.23. The maximum absolute atomic E-state index is 12.4. The number of aliphatic hydroxyl groups excluding tert-OH is 2. The van der Waals surface area contributed by atoms with Crippen molar-refractivity contribution in [3.05, 3.63) is 94.4 Å². The van der Waals surface area contributed by atoms with Crippen molar-refractivity contribution in [2.75, 3.05) is 13.2 Å². The van der Waals surface area contributed by atoms with Gasteiger partial charge in [0, 0.05) is 17.2 Å². The van der Waals surface area contributed by atoms with E-state index in [1.165, 1.54) is 6.07 Å². The lowest BCUT2D eigenvalue weighted by Crippen LogP contribution is -2.30. The summed E-state index contributed by atoms with van der Waals surface area (Å²) < 4.78 is 6.22. The Balaban J connectivity index is 1.16. The molecule has 8 heteroatoms. The van der Waals surface area contributed by atoms with Gasteiger partial charge in [-0.15, -0.1) is 11.3 Å². The fourth-order valence-corrected chi connectivity index (χ4v) is 5.72. The van der Waals surface area contributed by atoms with Crippen LogP contribution in [0.4, 0.5) is 4.79 Å². The number of amides is 1. The molecule has 5 rings (SSSR count). The quantitative estimate of drug-likeness (QED) is 0.271. The monoisotopic (exact) mass is 503 g/mol. The summed E-state index contributed by atoms with van der Waals surface area (Å²) >= 11 is 1.11. The van der Waals surface area contributed by atoms with Crippen molar-refractivity contribution in [2.24, 2.45) is 0 Å². The first-order valence-corrected chi connectivity index (χ1v) is 12.5. The highest BCUT2D eigenvalue weighted by molar-refractivity contribution is 7.20. The van der Waals surface area contributed by atoms with Crippen LogP contribution >= 0.6 is 11.3 Å². The first-order chi connectivity index (χ1) is 17.4. The molecule has 1 amide bonds. The van der Waals surface area contributed by atoms with Crippen LogP contribution in [0.1, 0.15) is 44.8 Å². The van der Waals surface area contributed by atoms with Gasteiger partial charge < -0.3 is 25.4 Å². The normalized spacial score (nSPS) is 14.2.